The molecule has 2 atom stereocenters. The number of carboxylic acid groups (broad SMARTS) is 4. The number of carbonyl (C=O) groups is 8. The van der Waals surface area contributed by atoms with Gasteiger partial charge >= 0.3 is 35.8 Å². The Bertz CT molecular complexity index is 2510. The molecule has 2 amide bonds. The van der Waals surface area contributed by atoms with E-state index < -0.39 is 72.6 Å². The molecule has 0 fully saturated rings. The highest BCUT2D eigenvalue weighted by atomic mass is 16.6. The van der Waals surface area contributed by atoms with Crippen LogP contribution in [0.2, 0.25) is 0 Å². The van der Waals surface area contributed by atoms with Gasteiger partial charge in [0.05, 0.1) is 61.8 Å². The summed E-state index contributed by atoms with van der Waals surface area (Å²) in [6.45, 7) is 0.187. The lowest BCUT2D eigenvalue weighted by atomic mass is 10.1. The summed E-state index contributed by atoms with van der Waals surface area (Å²) in [7, 11) is 0. The number of aliphatic carboxylic acids is 4. The summed E-state index contributed by atoms with van der Waals surface area (Å²) in [4.78, 5) is 104. The lowest BCUT2D eigenvalue weighted by Gasteiger charge is -2.15. The maximum Gasteiger partial charge on any atom is 0.343 e. The van der Waals surface area contributed by atoms with Gasteiger partial charge in [-0.15, -0.1) is 0 Å². The number of rotatable bonds is 31. The fourth-order valence-electron chi connectivity index (χ4n) is 6.37. The van der Waals surface area contributed by atoms with E-state index in [9.17, 15) is 48.6 Å². The number of guanidine groups is 2. The highest BCUT2D eigenvalue weighted by molar-refractivity contribution is 5.93. The first kappa shape index (κ1) is 57.3. The van der Waals surface area contributed by atoms with Crippen molar-refractivity contribution in [2.24, 2.45) is 32.9 Å². The van der Waals surface area contributed by atoms with E-state index in [4.69, 9.17) is 61.6 Å². The van der Waals surface area contributed by atoms with Crippen molar-refractivity contribution < 1.29 is 87.2 Å². The predicted molar refractivity (Wildman–Crippen MR) is 260 cm³/mol. The summed E-state index contributed by atoms with van der Waals surface area (Å²) in [5.74, 6) is -8.55. The molecule has 74 heavy (non-hydrogen) atoms. The van der Waals surface area contributed by atoms with Crippen molar-refractivity contribution in [1.82, 2.24) is 10.6 Å². The molecule has 0 bridgehead atoms. The van der Waals surface area contributed by atoms with Crippen molar-refractivity contribution in [1.29, 1.82) is 0 Å². The number of aryl methyl sites for hydroxylation is 2. The lowest BCUT2D eigenvalue weighted by molar-refractivity contribution is -0.147. The van der Waals surface area contributed by atoms with Crippen LogP contribution in [0.25, 0.3) is 0 Å². The van der Waals surface area contributed by atoms with Gasteiger partial charge in [-0.1, -0.05) is 12.1 Å². The van der Waals surface area contributed by atoms with Gasteiger partial charge in [0.2, 0.25) is 11.8 Å². The fourth-order valence-corrected chi connectivity index (χ4v) is 6.37. The lowest BCUT2D eigenvalue weighted by Crippen LogP contribution is -2.42. The van der Waals surface area contributed by atoms with E-state index in [0.717, 1.165) is 0 Å². The van der Waals surface area contributed by atoms with Gasteiger partial charge in [0.15, 0.2) is 11.9 Å². The summed E-state index contributed by atoms with van der Waals surface area (Å²) in [6.07, 6.45) is -2.12. The third-order valence-corrected chi connectivity index (χ3v) is 9.83. The Morgan fingerprint density at radius 3 is 1.16 bits per heavy atom. The number of esters is 2. The Morgan fingerprint density at radius 1 is 0.486 bits per heavy atom. The molecular weight excluding hydrogens is 977 g/mol. The molecular formula is C48H54N8O18. The summed E-state index contributed by atoms with van der Waals surface area (Å²) >= 11 is 0. The maximum atomic E-state index is 13.0. The Kier molecular flexibility index (Phi) is 22.6. The van der Waals surface area contributed by atoms with Crippen molar-refractivity contribution in [3.05, 3.63) is 107 Å². The molecule has 4 rings (SSSR count). The molecule has 0 radical (unpaired) electrons. The van der Waals surface area contributed by atoms with E-state index in [1.165, 1.54) is 84.9 Å². The van der Waals surface area contributed by atoms with Crippen LogP contribution in [0.4, 0.5) is 11.4 Å². The number of nitrogens with zero attached hydrogens (tertiary/aromatic N) is 2. The zero-order chi connectivity index (χ0) is 54.2. The number of amides is 2. The molecule has 0 heterocycles. The largest absolute Gasteiger partial charge is 0.491 e. The molecule has 26 nitrogen and oxygen atoms in total. The first-order valence-corrected chi connectivity index (χ1v) is 22.2. The molecule has 0 saturated carbocycles. The Hall–Kier alpha value is -9.30. The van der Waals surface area contributed by atoms with Crippen molar-refractivity contribution in [2.45, 2.75) is 50.6 Å². The summed E-state index contributed by atoms with van der Waals surface area (Å²) in [5, 5.41) is 41.0. The zero-order valence-electron chi connectivity index (χ0n) is 39.4. The van der Waals surface area contributed by atoms with Crippen LogP contribution in [-0.2, 0) is 51.1 Å². The monoisotopic (exact) mass is 1030 g/mol. The summed E-state index contributed by atoms with van der Waals surface area (Å²) in [5.41, 5.74) is 23.7. The SMILES string of the molecule is NC(N)=Nc1ccc(C(=O)Oc2ccc(CCC(=O)NC(CC(=O)O)C(=O)O)c(OCCOCCOCCOc3cc(OC(=O)c4ccc(N=C(N)N)cc4)ccc3CCC(=O)NC(CC(=O)O)C(=O)O)c2)cc1. The third-order valence-electron chi connectivity index (χ3n) is 9.83. The van der Waals surface area contributed by atoms with E-state index in [2.05, 4.69) is 20.6 Å². The van der Waals surface area contributed by atoms with E-state index in [1.807, 2.05) is 0 Å². The molecule has 394 valence electrons. The fraction of sp³-hybridized carbons (Fsp3) is 0.292. The minimum atomic E-state index is -1.65. The van der Waals surface area contributed by atoms with Crippen LogP contribution >= 0.6 is 0 Å². The molecule has 14 N–H and O–H groups in total. The number of carboxylic acids is 4. The summed E-state index contributed by atoms with van der Waals surface area (Å²) in [6, 6.07) is 17.4. The average molecular weight is 1030 g/mol. The summed E-state index contributed by atoms with van der Waals surface area (Å²) < 4.78 is 34.3. The van der Waals surface area contributed by atoms with Crippen molar-refractivity contribution >= 4 is 70.9 Å². The number of aliphatic imine (C=N–C) groups is 2. The maximum absolute atomic E-state index is 13.0. The Morgan fingerprint density at radius 2 is 0.838 bits per heavy atom. The topological polar surface area (TPSA) is 426 Å². The van der Waals surface area contributed by atoms with E-state index in [0.29, 0.717) is 22.5 Å². The van der Waals surface area contributed by atoms with Crippen LogP contribution in [-0.4, -0.2) is 132 Å². The number of nitrogens with one attached hydrogen (secondary N) is 2. The molecule has 0 saturated heterocycles. The van der Waals surface area contributed by atoms with Crippen LogP contribution in [0, 0.1) is 0 Å². The van der Waals surface area contributed by atoms with Crippen molar-refractivity contribution in [3.63, 3.8) is 0 Å². The van der Waals surface area contributed by atoms with Crippen LogP contribution in [0.5, 0.6) is 23.0 Å². The predicted octanol–water partition coefficient (Wildman–Crippen LogP) is 1.38. The van der Waals surface area contributed by atoms with Gasteiger partial charge in [0.25, 0.3) is 0 Å². The van der Waals surface area contributed by atoms with E-state index in [-0.39, 0.29) is 111 Å². The van der Waals surface area contributed by atoms with E-state index in [1.54, 1.807) is 0 Å². The van der Waals surface area contributed by atoms with Crippen LogP contribution in [0.15, 0.2) is 94.9 Å². The Labute approximate surface area is 421 Å². The van der Waals surface area contributed by atoms with Crippen LogP contribution < -0.4 is 52.5 Å². The smallest absolute Gasteiger partial charge is 0.343 e. The number of ether oxygens (including phenoxy) is 6. The first-order chi connectivity index (χ1) is 35.3. The molecule has 0 aliphatic rings. The molecule has 26 heteroatoms. The second-order valence-corrected chi connectivity index (χ2v) is 15.5. The minimum absolute atomic E-state index is 0.0169. The normalized spacial score (nSPS) is 11.4. The standard InChI is InChI=1S/C48H54N8O18/c49-47(50)53-31-9-1-29(2-10-31)45(67)73-33-13-5-27(7-15-39(57)55-35(43(63)64)25-41(59)60)37(23-33)71-21-19-69-17-18-70-20-22-72-38-24-34(74-46(68)30-3-11-32(12-4-30)54-48(51)52)14-6-28(38)8-16-40(58)56-36(44(65)66)26-42(61)62/h1-6,9-14,23-24,35-36H,7-8,15-22,25-26H2,(H,55,57)(H,56,58)(H,59,60)(H,61,62)(H,63,64)(H,65,66)(H4,49,50,53)(H4,51,52,54). The second-order valence-electron chi connectivity index (χ2n) is 15.5. The quantitative estimate of drug-likeness (QED) is 0.0112. The van der Waals surface area contributed by atoms with Crippen LogP contribution in [0.1, 0.15) is 57.5 Å². The van der Waals surface area contributed by atoms with Gasteiger partial charge in [0, 0.05) is 25.0 Å². The molecule has 0 aromatic heterocycles. The van der Waals surface area contributed by atoms with E-state index >= 15 is 0 Å². The second kappa shape index (κ2) is 29.1. The third kappa shape index (κ3) is 20.6. The van der Waals surface area contributed by atoms with Gasteiger partial charge in [-0.3, -0.25) is 19.2 Å². The molecule has 2 unspecified atom stereocenters. The zero-order valence-corrected chi connectivity index (χ0v) is 39.4. The van der Waals surface area contributed by atoms with Gasteiger partial charge in [-0.25, -0.2) is 29.2 Å². The number of carbonyl (C=O) groups excluding carboxylic acids is 4. The van der Waals surface area contributed by atoms with Gasteiger partial charge in [-0.05, 0) is 84.6 Å². The average Bonchev–Trinajstić information content (AvgIpc) is 3.33. The number of benzene rings is 4. The van der Waals surface area contributed by atoms with Gasteiger partial charge < -0.3 is 82.4 Å². The number of nitrogens with two attached hydrogens (primary N) is 4. The Balaban J connectivity index is 1.33. The number of hydrogen-bond donors (Lipinski definition) is 10. The highest BCUT2D eigenvalue weighted by Crippen LogP contribution is 2.29. The van der Waals surface area contributed by atoms with Gasteiger partial charge in [0.1, 0.15) is 48.3 Å². The van der Waals surface area contributed by atoms with Gasteiger partial charge in [-0.2, -0.15) is 0 Å². The molecule has 0 spiro atoms. The molecule has 0 aliphatic carbocycles. The van der Waals surface area contributed by atoms with Crippen molar-refractivity contribution in [3.8, 4) is 23.0 Å². The molecule has 4 aromatic rings. The molecule has 4 aromatic carbocycles. The number of hydrogen-bond acceptors (Lipinski definition) is 16. The van der Waals surface area contributed by atoms with Crippen LogP contribution in [0.3, 0.4) is 0 Å². The molecule has 0 aliphatic heterocycles. The van der Waals surface area contributed by atoms with Crippen molar-refractivity contribution in [2.75, 3.05) is 39.6 Å². The minimum Gasteiger partial charge on any atom is -0.491 e. The highest BCUT2D eigenvalue weighted by Gasteiger charge is 2.25. The first-order valence-electron chi connectivity index (χ1n) is 22.2.